The Morgan fingerprint density at radius 3 is 2.83 bits per heavy atom. The van der Waals surface area contributed by atoms with Gasteiger partial charge in [0.15, 0.2) is 0 Å². The van der Waals surface area contributed by atoms with Crippen LogP contribution in [0.15, 0.2) is 0 Å². The van der Waals surface area contributed by atoms with Crippen molar-refractivity contribution in [1.29, 1.82) is 0 Å². The molecule has 2 bridgehead atoms. The Labute approximate surface area is 132 Å². The summed E-state index contributed by atoms with van der Waals surface area (Å²) >= 11 is 0. The van der Waals surface area contributed by atoms with E-state index in [-0.39, 0.29) is 25.0 Å². The Bertz CT molecular complexity index is 611. The first-order valence-corrected chi connectivity index (χ1v) is 8.53. The standard InChI is InChI=1S/C11H18N4O7S/c1-12-2-3-21-13-10(16)9-7-4-6(7)8-5-14(9)11(17)15(8)22-23(18,19)20/h6-9,12H,2-5H2,1H3,(H,13,16)(H,18,19,20)/t6?,7?,8-,9-/m0/s1. The van der Waals surface area contributed by atoms with Gasteiger partial charge in [0.25, 0.3) is 5.91 Å². The van der Waals surface area contributed by atoms with Gasteiger partial charge in [0.05, 0.1) is 12.6 Å². The van der Waals surface area contributed by atoms with Crippen LogP contribution >= 0.6 is 0 Å². The number of nitrogens with zero attached hydrogens (tertiary/aromatic N) is 2. The maximum absolute atomic E-state index is 12.2. The van der Waals surface area contributed by atoms with Gasteiger partial charge < -0.3 is 10.2 Å². The van der Waals surface area contributed by atoms with Gasteiger partial charge >= 0.3 is 16.4 Å². The van der Waals surface area contributed by atoms with E-state index in [2.05, 4.69) is 15.1 Å². The quantitative estimate of drug-likeness (QED) is 0.275. The van der Waals surface area contributed by atoms with Gasteiger partial charge in [-0.15, -0.1) is 4.28 Å². The van der Waals surface area contributed by atoms with Crippen molar-refractivity contribution in [3.63, 3.8) is 0 Å². The van der Waals surface area contributed by atoms with Gasteiger partial charge in [0.1, 0.15) is 6.04 Å². The summed E-state index contributed by atoms with van der Waals surface area (Å²) in [5.41, 5.74) is 2.31. The molecule has 23 heavy (non-hydrogen) atoms. The SMILES string of the molecule is CNCCONC(=O)[C@@H]1C2CC2[C@@H]2CN1C(=O)N2OS(=O)(=O)O. The number of nitrogens with one attached hydrogen (secondary N) is 2. The molecule has 4 atom stereocenters. The van der Waals surface area contributed by atoms with Crippen LogP contribution in [0.25, 0.3) is 0 Å². The lowest BCUT2D eigenvalue weighted by Crippen LogP contribution is -2.51. The number of hydrogen-bond acceptors (Lipinski definition) is 7. The molecule has 2 saturated heterocycles. The Morgan fingerprint density at radius 2 is 2.17 bits per heavy atom. The van der Waals surface area contributed by atoms with Crippen molar-refractivity contribution in [2.45, 2.75) is 18.5 Å². The molecule has 2 unspecified atom stereocenters. The summed E-state index contributed by atoms with van der Waals surface area (Å²) in [6.45, 7) is 0.999. The molecule has 1 saturated carbocycles. The summed E-state index contributed by atoms with van der Waals surface area (Å²) in [5, 5.41) is 3.50. The predicted octanol–water partition coefficient (Wildman–Crippen LogP) is -1.89. The van der Waals surface area contributed by atoms with Crippen molar-refractivity contribution in [3.8, 4) is 0 Å². The van der Waals surface area contributed by atoms with Crippen LogP contribution in [-0.4, -0.2) is 73.7 Å². The zero-order valence-corrected chi connectivity index (χ0v) is 13.2. The zero-order chi connectivity index (χ0) is 16.8. The second-order valence-electron chi connectivity index (χ2n) is 5.76. The minimum absolute atomic E-state index is 0.0347. The van der Waals surface area contributed by atoms with Gasteiger partial charge in [-0.3, -0.25) is 14.2 Å². The van der Waals surface area contributed by atoms with Gasteiger partial charge in [-0.1, -0.05) is 0 Å². The van der Waals surface area contributed by atoms with E-state index in [1.165, 1.54) is 4.90 Å². The Morgan fingerprint density at radius 1 is 1.43 bits per heavy atom. The summed E-state index contributed by atoms with van der Waals surface area (Å²) in [4.78, 5) is 30.8. The molecule has 0 radical (unpaired) electrons. The van der Waals surface area contributed by atoms with E-state index in [4.69, 9.17) is 9.39 Å². The summed E-state index contributed by atoms with van der Waals surface area (Å²) in [7, 11) is -3.05. The van der Waals surface area contributed by atoms with E-state index in [1.54, 1.807) is 7.05 Å². The van der Waals surface area contributed by atoms with Crippen LogP contribution in [0.1, 0.15) is 6.42 Å². The van der Waals surface area contributed by atoms with Gasteiger partial charge in [-0.05, 0) is 25.3 Å². The zero-order valence-electron chi connectivity index (χ0n) is 12.3. The minimum atomic E-state index is -4.80. The average molecular weight is 350 g/mol. The van der Waals surface area contributed by atoms with E-state index >= 15 is 0 Å². The Hall–Kier alpha value is -1.47. The van der Waals surface area contributed by atoms with Crippen LogP contribution < -0.4 is 10.8 Å². The molecular formula is C11H18N4O7S. The lowest BCUT2D eigenvalue weighted by Gasteiger charge is -2.28. The van der Waals surface area contributed by atoms with Gasteiger partial charge in [-0.2, -0.15) is 13.5 Å². The lowest BCUT2D eigenvalue weighted by atomic mass is 10.0. The number of likely N-dealkylation sites (N-methyl/N-ethyl adjacent to an activating group) is 1. The second-order valence-corrected chi connectivity index (χ2v) is 6.76. The highest BCUT2D eigenvalue weighted by atomic mass is 32.3. The van der Waals surface area contributed by atoms with E-state index < -0.39 is 34.4 Å². The van der Waals surface area contributed by atoms with Crippen molar-refractivity contribution < 1.29 is 31.7 Å². The predicted molar refractivity (Wildman–Crippen MR) is 73.8 cm³/mol. The number of carbonyl (C=O) groups is 2. The summed E-state index contributed by atoms with van der Waals surface area (Å²) < 4.78 is 34.9. The van der Waals surface area contributed by atoms with Crippen LogP contribution in [0, 0.1) is 11.8 Å². The normalized spacial score (nSPS) is 32.0. The second kappa shape index (κ2) is 5.87. The fraction of sp³-hybridized carbons (Fsp3) is 0.818. The van der Waals surface area contributed by atoms with Crippen LogP contribution in [0.2, 0.25) is 0 Å². The highest BCUT2D eigenvalue weighted by Crippen LogP contribution is 2.53. The number of amides is 3. The molecular weight excluding hydrogens is 332 g/mol. The third-order valence-corrected chi connectivity index (χ3v) is 4.66. The fourth-order valence-electron chi connectivity index (χ4n) is 3.30. The van der Waals surface area contributed by atoms with Gasteiger partial charge in [0, 0.05) is 13.1 Å². The number of hydrogen-bond donors (Lipinski definition) is 3. The molecule has 3 amide bonds. The third-order valence-electron chi connectivity index (χ3n) is 4.32. The first-order chi connectivity index (χ1) is 10.8. The number of fused-ring (bicyclic) bond motifs is 4. The minimum Gasteiger partial charge on any atom is -0.317 e. The molecule has 0 aromatic heterocycles. The maximum atomic E-state index is 12.2. The van der Waals surface area contributed by atoms with E-state index in [0.717, 1.165) is 0 Å². The highest BCUT2D eigenvalue weighted by Gasteiger charge is 2.65. The number of piperidine rings is 1. The van der Waals surface area contributed by atoms with Crippen molar-refractivity contribution in [2.24, 2.45) is 11.8 Å². The molecule has 2 aliphatic heterocycles. The van der Waals surface area contributed by atoms with E-state index in [1.807, 2.05) is 0 Å². The van der Waals surface area contributed by atoms with E-state index in [0.29, 0.717) is 18.0 Å². The first kappa shape index (κ1) is 16.4. The van der Waals surface area contributed by atoms with Crippen molar-refractivity contribution in [2.75, 3.05) is 26.7 Å². The lowest BCUT2D eigenvalue weighted by molar-refractivity contribution is -0.139. The van der Waals surface area contributed by atoms with Gasteiger partial charge in [-0.25, -0.2) is 10.3 Å². The Balaban J connectivity index is 1.67. The smallest absolute Gasteiger partial charge is 0.317 e. The number of urea groups is 1. The molecule has 2 heterocycles. The molecule has 3 aliphatic rings. The highest BCUT2D eigenvalue weighted by molar-refractivity contribution is 7.80. The van der Waals surface area contributed by atoms with Gasteiger partial charge in [0.2, 0.25) is 0 Å². The molecule has 11 nitrogen and oxygen atoms in total. The van der Waals surface area contributed by atoms with Crippen molar-refractivity contribution >= 4 is 22.3 Å². The van der Waals surface area contributed by atoms with E-state index in [9.17, 15) is 18.0 Å². The molecule has 12 heteroatoms. The van der Waals surface area contributed by atoms with Crippen molar-refractivity contribution in [3.05, 3.63) is 0 Å². The van der Waals surface area contributed by atoms with Crippen LogP contribution in [0.3, 0.4) is 0 Å². The molecule has 3 N–H and O–H groups in total. The van der Waals surface area contributed by atoms with Crippen molar-refractivity contribution in [1.82, 2.24) is 20.8 Å². The van der Waals surface area contributed by atoms with Crippen LogP contribution in [-0.2, 0) is 24.3 Å². The van der Waals surface area contributed by atoms with Crippen LogP contribution in [0.5, 0.6) is 0 Å². The molecule has 3 fully saturated rings. The number of rotatable bonds is 7. The summed E-state index contributed by atoms with van der Waals surface area (Å²) in [6, 6.07) is -1.97. The molecule has 1 aliphatic carbocycles. The molecule has 0 aromatic carbocycles. The third kappa shape index (κ3) is 3.12. The molecule has 3 rings (SSSR count). The summed E-state index contributed by atoms with van der Waals surface area (Å²) in [6.07, 6.45) is 0.675. The summed E-state index contributed by atoms with van der Waals surface area (Å²) in [5.74, 6) is -0.554. The van der Waals surface area contributed by atoms with Crippen LogP contribution in [0.4, 0.5) is 4.79 Å². The largest absolute Gasteiger partial charge is 0.418 e. The maximum Gasteiger partial charge on any atom is 0.418 e. The molecule has 0 spiro atoms. The average Bonchev–Trinajstić information content (AvgIpc) is 3.21. The first-order valence-electron chi connectivity index (χ1n) is 7.16. The molecule has 0 aromatic rings. The number of hydroxylamine groups is 3. The molecule has 130 valence electrons. The fourth-order valence-corrected chi connectivity index (χ4v) is 3.67. The topological polar surface area (TPSA) is 138 Å². The Kier molecular flexibility index (Phi) is 4.18. The number of carbonyl (C=O) groups excluding carboxylic acids is 2. The monoisotopic (exact) mass is 350 g/mol.